The van der Waals surface area contributed by atoms with Crippen LogP contribution in [-0.4, -0.2) is 5.91 Å². The lowest BCUT2D eigenvalue weighted by molar-refractivity contribution is -0.112. The van der Waals surface area contributed by atoms with Gasteiger partial charge in [-0.05, 0) is 25.0 Å². The highest BCUT2D eigenvalue weighted by molar-refractivity contribution is 6.20. The molecule has 2 nitrogen and oxygen atoms in total. The van der Waals surface area contributed by atoms with Crippen molar-refractivity contribution >= 4 is 11.5 Å². The van der Waals surface area contributed by atoms with Crippen molar-refractivity contribution in [3.8, 4) is 0 Å². The van der Waals surface area contributed by atoms with Crippen LogP contribution in [0.5, 0.6) is 0 Å². The molecule has 2 heteroatoms. The summed E-state index contributed by atoms with van der Waals surface area (Å²) in [5, 5.41) is 0. The monoisotopic (exact) mass is 227 g/mol. The smallest absolute Gasteiger partial charge is 0.249 e. The highest BCUT2D eigenvalue weighted by Gasteiger charge is 2.09. The van der Waals surface area contributed by atoms with Crippen LogP contribution in [0.3, 0.4) is 0 Å². The highest BCUT2D eigenvalue weighted by Crippen LogP contribution is 2.18. The van der Waals surface area contributed by atoms with E-state index in [0.29, 0.717) is 5.57 Å². The Morgan fingerprint density at radius 2 is 1.82 bits per heavy atom. The van der Waals surface area contributed by atoms with E-state index in [0.717, 1.165) is 11.1 Å². The maximum Gasteiger partial charge on any atom is 0.249 e. The van der Waals surface area contributed by atoms with Crippen LogP contribution in [0.25, 0.3) is 5.57 Å². The fourth-order valence-corrected chi connectivity index (χ4v) is 1.56. The third kappa shape index (κ3) is 3.76. The maximum atomic E-state index is 11.5. The highest BCUT2D eigenvalue weighted by atomic mass is 16.1. The molecule has 0 fully saturated rings. The molecule has 1 aromatic rings. The SMILES string of the molecule is C/C=C/C=C/C(C)=C(/C(N)=O)c1ccccc1. The molecule has 2 N–H and O–H groups in total. The molecule has 0 unspecified atom stereocenters. The molecule has 88 valence electrons. The number of carbonyl (C=O) groups excluding carboxylic acids is 1. The molecule has 0 aliphatic rings. The summed E-state index contributed by atoms with van der Waals surface area (Å²) in [5.74, 6) is -0.404. The standard InChI is InChI=1S/C15H17NO/c1-3-4-6-9-12(2)14(15(16)17)13-10-7-5-8-11-13/h3-11H,1-2H3,(H2,16,17)/b4-3+,9-6+,14-12+. The first-order valence-electron chi connectivity index (χ1n) is 5.52. The third-order valence-electron chi connectivity index (χ3n) is 2.35. The van der Waals surface area contributed by atoms with Crippen molar-refractivity contribution < 1.29 is 4.79 Å². The summed E-state index contributed by atoms with van der Waals surface area (Å²) >= 11 is 0. The number of hydrogen-bond acceptors (Lipinski definition) is 1. The predicted octanol–water partition coefficient (Wildman–Crippen LogP) is 3.08. The Morgan fingerprint density at radius 3 is 2.35 bits per heavy atom. The lowest BCUT2D eigenvalue weighted by atomic mass is 10.00. The van der Waals surface area contributed by atoms with Gasteiger partial charge in [0, 0.05) is 5.57 Å². The van der Waals surface area contributed by atoms with Crippen LogP contribution in [0.4, 0.5) is 0 Å². The molecule has 0 aromatic heterocycles. The molecule has 0 spiro atoms. The van der Waals surface area contributed by atoms with Gasteiger partial charge >= 0.3 is 0 Å². The molecule has 17 heavy (non-hydrogen) atoms. The Balaban J connectivity index is 3.17. The largest absolute Gasteiger partial charge is 0.366 e. The molecule has 0 aliphatic carbocycles. The minimum atomic E-state index is -0.404. The van der Waals surface area contributed by atoms with Crippen LogP contribution in [0.15, 0.2) is 60.2 Å². The van der Waals surface area contributed by atoms with Crippen LogP contribution >= 0.6 is 0 Å². The zero-order chi connectivity index (χ0) is 12.7. The molecule has 1 amide bonds. The van der Waals surface area contributed by atoms with Crippen LogP contribution in [-0.2, 0) is 4.79 Å². The van der Waals surface area contributed by atoms with Gasteiger partial charge in [-0.15, -0.1) is 0 Å². The van der Waals surface area contributed by atoms with Crippen molar-refractivity contribution in [2.75, 3.05) is 0 Å². The second-order valence-corrected chi connectivity index (χ2v) is 3.67. The van der Waals surface area contributed by atoms with Gasteiger partial charge in [-0.3, -0.25) is 4.79 Å². The summed E-state index contributed by atoms with van der Waals surface area (Å²) < 4.78 is 0. The van der Waals surface area contributed by atoms with Crippen molar-refractivity contribution in [2.24, 2.45) is 5.73 Å². The summed E-state index contributed by atoms with van der Waals surface area (Å²) in [5.41, 5.74) is 7.70. The van der Waals surface area contributed by atoms with Crippen molar-refractivity contribution in [1.82, 2.24) is 0 Å². The Morgan fingerprint density at radius 1 is 1.18 bits per heavy atom. The number of amides is 1. The van der Waals surface area contributed by atoms with E-state index in [2.05, 4.69) is 0 Å². The zero-order valence-corrected chi connectivity index (χ0v) is 10.2. The number of nitrogens with two attached hydrogens (primary N) is 1. The van der Waals surface area contributed by atoms with Gasteiger partial charge in [-0.25, -0.2) is 0 Å². The van der Waals surface area contributed by atoms with E-state index in [-0.39, 0.29) is 0 Å². The lowest BCUT2D eigenvalue weighted by Gasteiger charge is -2.06. The van der Waals surface area contributed by atoms with Crippen LogP contribution in [0, 0.1) is 0 Å². The van der Waals surface area contributed by atoms with Crippen LogP contribution < -0.4 is 5.73 Å². The normalized spacial score (nSPS) is 13.1. The van der Waals surface area contributed by atoms with Crippen LogP contribution in [0.2, 0.25) is 0 Å². The third-order valence-corrected chi connectivity index (χ3v) is 2.35. The lowest BCUT2D eigenvalue weighted by Crippen LogP contribution is -2.14. The summed E-state index contributed by atoms with van der Waals surface area (Å²) in [4.78, 5) is 11.5. The first-order valence-corrected chi connectivity index (χ1v) is 5.52. The van der Waals surface area contributed by atoms with Crippen molar-refractivity contribution in [3.63, 3.8) is 0 Å². The van der Waals surface area contributed by atoms with Gasteiger partial charge in [0.2, 0.25) is 5.91 Å². The predicted molar refractivity (Wildman–Crippen MR) is 72.2 cm³/mol. The van der Waals surface area contributed by atoms with Crippen molar-refractivity contribution in [1.29, 1.82) is 0 Å². The summed E-state index contributed by atoms with van der Waals surface area (Å²) in [6.45, 7) is 3.82. The van der Waals surface area contributed by atoms with Crippen molar-refractivity contribution in [3.05, 3.63) is 65.8 Å². The fourth-order valence-electron chi connectivity index (χ4n) is 1.56. The van der Waals surface area contributed by atoms with Gasteiger partial charge < -0.3 is 5.73 Å². The number of primary amides is 1. The molecular weight excluding hydrogens is 210 g/mol. The van der Waals surface area contributed by atoms with Gasteiger partial charge in [0.05, 0.1) is 0 Å². The molecule has 0 atom stereocenters. The second-order valence-electron chi connectivity index (χ2n) is 3.67. The van der Waals surface area contributed by atoms with E-state index in [1.54, 1.807) is 0 Å². The molecule has 1 aromatic carbocycles. The zero-order valence-electron chi connectivity index (χ0n) is 10.2. The van der Waals surface area contributed by atoms with Gasteiger partial charge in [0.15, 0.2) is 0 Å². The van der Waals surface area contributed by atoms with E-state index in [4.69, 9.17) is 5.73 Å². The average Bonchev–Trinajstić information content (AvgIpc) is 2.30. The molecule has 0 saturated heterocycles. The number of allylic oxidation sites excluding steroid dienone is 5. The fraction of sp³-hybridized carbons (Fsp3) is 0.133. The summed E-state index contributed by atoms with van der Waals surface area (Å²) in [6.07, 6.45) is 7.61. The van der Waals surface area contributed by atoms with E-state index >= 15 is 0 Å². The minimum Gasteiger partial charge on any atom is -0.366 e. The summed E-state index contributed by atoms with van der Waals surface area (Å²) in [7, 11) is 0. The maximum absolute atomic E-state index is 11.5. The quantitative estimate of drug-likeness (QED) is 0.623. The van der Waals surface area contributed by atoms with Gasteiger partial charge in [0.25, 0.3) is 0 Å². The number of carbonyl (C=O) groups is 1. The summed E-state index contributed by atoms with van der Waals surface area (Å²) in [6, 6.07) is 9.45. The molecule has 0 heterocycles. The van der Waals surface area contributed by atoms with Crippen molar-refractivity contribution in [2.45, 2.75) is 13.8 Å². The van der Waals surface area contributed by atoms with E-state index in [1.165, 1.54) is 0 Å². The second kappa shape index (κ2) is 6.48. The first kappa shape index (κ1) is 13.0. The molecular formula is C15H17NO. The number of benzene rings is 1. The molecule has 0 bridgehead atoms. The Kier molecular flexibility index (Phi) is 4.95. The van der Waals surface area contributed by atoms with Gasteiger partial charge in [-0.2, -0.15) is 0 Å². The molecule has 1 rings (SSSR count). The minimum absolute atomic E-state index is 0.404. The Hall–Kier alpha value is -2.09. The number of hydrogen-bond donors (Lipinski definition) is 1. The first-order chi connectivity index (χ1) is 8.16. The molecule has 0 aliphatic heterocycles. The molecule has 0 radical (unpaired) electrons. The average molecular weight is 227 g/mol. The molecule has 0 saturated carbocycles. The Bertz CT molecular complexity index is 467. The van der Waals surface area contributed by atoms with E-state index in [9.17, 15) is 4.79 Å². The van der Waals surface area contributed by atoms with E-state index in [1.807, 2.05) is 68.5 Å². The van der Waals surface area contributed by atoms with Crippen LogP contribution in [0.1, 0.15) is 19.4 Å². The topological polar surface area (TPSA) is 43.1 Å². The van der Waals surface area contributed by atoms with E-state index < -0.39 is 5.91 Å². The van der Waals surface area contributed by atoms with Gasteiger partial charge in [-0.1, -0.05) is 54.6 Å². The number of rotatable bonds is 4. The Labute approximate surface area is 102 Å². The van der Waals surface area contributed by atoms with Gasteiger partial charge in [0.1, 0.15) is 0 Å².